The van der Waals surface area contributed by atoms with Gasteiger partial charge in [0.15, 0.2) is 0 Å². The molecule has 0 aliphatic rings. The Balaban J connectivity index is 0. The van der Waals surface area contributed by atoms with Crippen LogP contribution in [0.2, 0.25) is 10.0 Å². The van der Waals surface area contributed by atoms with Crippen LogP contribution in [-0.2, 0) is 9.59 Å². The Hall–Kier alpha value is -1.66. The summed E-state index contributed by atoms with van der Waals surface area (Å²) in [7, 11) is 0. The van der Waals surface area contributed by atoms with Gasteiger partial charge in [0.25, 0.3) is 11.9 Å². The summed E-state index contributed by atoms with van der Waals surface area (Å²) in [4.78, 5) is 18.0. The second-order valence-corrected chi connectivity index (χ2v) is 3.61. The summed E-state index contributed by atoms with van der Waals surface area (Å²) >= 11 is 10.8. The van der Waals surface area contributed by atoms with Crippen molar-refractivity contribution >= 4 is 35.1 Å². The van der Waals surface area contributed by atoms with Gasteiger partial charge in [-0.25, -0.2) is 0 Å². The number of aromatic hydroxyl groups is 2. The number of benzene rings is 1. The third kappa shape index (κ3) is 12.4. The molecule has 1 aromatic rings. The van der Waals surface area contributed by atoms with Gasteiger partial charge in [-0.3, -0.25) is 9.59 Å². The number of aliphatic carboxylic acids is 2. The normalized spacial score (nSPS) is 8.22. The van der Waals surface area contributed by atoms with Crippen LogP contribution in [0.1, 0.15) is 13.8 Å². The minimum Gasteiger partial charge on any atom is -0.506 e. The maximum Gasteiger partial charge on any atom is 0.300 e. The first-order valence-electron chi connectivity index (χ1n) is 4.34. The Kier molecular flexibility index (Phi) is 9.74. The number of carboxylic acid groups (broad SMARTS) is 2. The van der Waals surface area contributed by atoms with Gasteiger partial charge in [0.2, 0.25) is 0 Å². The standard InChI is InChI=1S/C6H4Cl2O2.2C2H4O2/c7-3-1-5(9)4(8)2-6(3)10;2*1-2(3)4/h1-2,9-10H;2*1H3,(H,3,4). The minimum absolute atomic E-state index is 0.0851. The average Bonchev–Trinajstić information content (AvgIpc) is 2.13. The van der Waals surface area contributed by atoms with Crippen LogP contribution in [0.25, 0.3) is 0 Å². The van der Waals surface area contributed by atoms with Gasteiger partial charge < -0.3 is 20.4 Å². The van der Waals surface area contributed by atoms with Crippen molar-refractivity contribution in [2.24, 2.45) is 0 Å². The highest BCUT2D eigenvalue weighted by molar-refractivity contribution is 6.35. The number of rotatable bonds is 0. The molecule has 0 radical (unpaired) electrons. The average molecular weight is 299 g/mol. The van der Waals surface area contributed by atoms with Crippen molar-refractivity contribution in [3.8, 4) is 11.5 Å². The van der Waals surface area contributed by atoms with Gasteiger partial charge in [-0.15, -0.1) is 0 Å². The van der Waals surface area contributed by atoms with E-state index in [0.717, 1.165) is 13.8 Å². The minimum atomic E-state index is -0.833. The summed E-state index contributed by atoms with van der Waals surface area (Å²) < 4.78 is 0. The summed E-state index contributed by atoms with van der Waals surface area (Å²) in [5.74, 6) is -1.94. The summed E-state index contributed by atoms with van der Waals surface area (Å²) in [5.41, 5.74) is 0. The molecule has 6 nitrogen and oxygen atoms in total. The van der Waals surface area contributed by atoms with Crippen LogP contribution in [0.4, 0.5) is 0 Å². The van der Waals surface area contributed by atoms with E-state index in [4.69, 9.17) is 53.2 Å². The fraction of sp³-hybridized carbons (Fsp3) is 0.200. The number of carbonyl (C=O) groups is 2. The van der Waals surface area contributed by atoms with E-state index in [9.17, 15) is 0 Å². The molecule has 0 amide bonds. The van der Waals surface area contributed by atoms with E-state index in [1.807, 2.05) is 0 Å². The van der Waals surface area contributed by atoms with Crippen molar-refractivity contribution in [2.45, 2.75) is 13.8 Å². The molecule has 102 valence electrons. The number of phenols is 2. The molecule has 0 bridgehead atoms. The van der Waals surface area contributed by atoms with Gasteiger partial charge in [-0.2, -0.15) is 0 Å². The van der Waals surface area contributed by atoms with Crippen molar-refractivity contribution in [2.75, 3.05) is 0 Å². The molecule has 0 saturated heterocycles. The molecule has 0 aromatic heterocycles. The van der Waals surface area contributed by atoms with Crippen LogP contribution in [0.3, 0.4) is 0 Å². The number of halogens is 2. The SMILES string of the molecule is CC(=O)O.CC(=O)O.Oc1cc(Cl)c(O)cc1Cl. The summed E-state index contributed by atoms with van der Waals surface area (Å²) in [5, 5.41) is 32.8. The summed E-state index contributed by atoms with van der Waals surface area (Å²) in [6.07, 6.45) is 0. The van der Waals surface area contributed by atoms with Gasteiger partial charge in [0.05, 0.1) is 10.0 Å². The van der Waals surface area contributed by atoms with Crippen LogP contribution in [0.15, 0.2) is 12.1 Å². The predicted octanol–water partition coefficient (Wildman–Crippen LogP) is 2.59. The zero-order chi connectivity index (χ0) is 14.9. The lowest BCUT2D eigenvalue weighted by atomic mass is 10.3. The van der Waals surface area contributed by atoms with Gasteiger partial charge in [0, 0.05) is 26.0 Å². The highest BCUT2D eigenvalue weighted by atomic mass is 35.5. The molecule has 18 heavy (non-hydrogen) atoms. The molecule has 0 spiro atoms. The fourth-order valence-electron chi connectivity index (χ4n) is 0.526. The van der Waals surface area contributed by atoms with E-state index in [1.54, 1.807) is 0 Å². The second kappa shape index (κ2) is 9.38. The lowest BCUT2D eigenvalue weighted by molar-refractivity contribution is -0.135. The molecule has 0 atom stereocenters. The Morgan fingerprint density at radius 1 is 0.889 bits per heavy atom. The van der Waals surface area contributed by atoms with Crippen molar-refractivity contribution in [1.82, 2.24) is 0 Å². The smallest absolute Gasteiger partial charge is 0.300 e. The molecule has 1 rings (SSSR count). The predicted molar refractivity (Wildman–Crippen MR) is 66.4 cm³/mol. The number of carboxylic acids is 2. The van der Waals surface area contributed by atoms with Gasteiger partial charge >= 0.3 is 0 Å². The van der Waals surface area contributed by atoms with Crippen LogP contribution in [0.5, 0.6) is 11.5 Å². The monoisotopic (exact) mass is 298 g/mol. The third-order valence-electron chi connectivity index (χ3n) is 1.02. The first-order chi connectivity index (χ1) is 8.07. The van der Waals surface area contributed by atoms with E-state index in [-0.39, 0.29) is 21.5 Å². The topological polar surface area (TPSA) is 115 Å². The summed E-state index contributed by atoms with van der Waals surface area (Å²) in [6, 6.07) is 2.36. The molecule has 0 aliphatic carbocycles. The van der Waals surface area contributed by atoms with E-state index in [1.165, 1.54) is 12.1 Å². The number of hydrogen-bond acceptors (Lipinski definition) is 4. The molecule has 0 saturated carbocycles. The molecule has 4 N–H and O–H groups in total. The molecule has 0 heterocycles. The molecular weight excluding hydrogens is 287 g/mol. The Labute approximate surface area is 113 Å². The van der Waals surface area contributed by atoms with Gasteiger partial charge in [-0.05, 0) is 0 Å². The van der Waals surface area contributed by atoms with Gasteiger partial charge in [0.1, 0.15) is 11.5 Å². The van der Waals surface area contributed by atoms with Gasteiger partial charge in [-0.1, -0.05) is 23.2 Å². The van der Waals surface area contributed by atoms with Crippen molar-refractivity contribution in [3.05, 3.63) is 22.2 Å². The first-order valence-corrected chi connectivity index (χ1v) is 5.09. The van der Waals surface area contributed by atoms with Crippen LogP contribution < -0.4 is 0 Å². The molecule has 0 unspecified atom stereocenters. The number of phenolic OH excluding ortho intramolecular Hbond substituents is 2. The maximum absolute atomic E-state index is 9.00. The van der Waals surface area contributed by atoms with E-state index in [0.29, 0.717) is 0 Å². The zero-order valence-corrected chi connectivity index (χ0v) is 11.0. The highest BCUT2D eigenvalue weighted by Crippen LogP contribution is 2.33. The Morgan fingerprint density at radius 3 is 1.22 bits per heavy atom. The van der Waals surface area contributed by atoms with Crippen molar-refractivity contribution in [1.29, 1.82) is 0 Å². The Bertz CT molecular complexity index is 349. The fourth-order valence-corrected chi connectivity index (χ4v) is 0.842. The third-order valence-corrected chi connectivity index (χ3v) is 1.62. The summed E-state index contributed by atoms with van der Waals surface area (Å²) in [6.45, 7) is 2.17. The molecule has 0 aliphatic heterocycles. The molecule has 0 fully saturated rings. The van der Waals surface area contributed by atoms with Crippen molar-refractivity contribution in [3.63, 3.8) is 0 Å². The van der Waals surface area contributed by atoms with E-state index >= 15 is 0 Å². The first kappa shape index (κ1) is 18.7. The molecular formula is C10H12Cl2O6. The van der Waals surface area contributed by atoms with E-state index < -0.39 is 11.9 Å². The second-order valence-electron chi connectivity index (χ2n) is 2.79. The quantitative estimate of drug-likeness (QED) is 0.547. The maximum atomic E-state index is 9.00. The Morgan fingerprint density at radius 2 is 1.06 bits per heavy atom. The van der Waals surface area contributed by atoms with Crippen LogP contribution >= 0.6 is 23.2 Å². The zero-order valence-electron chi connectivity index (χ0n) is 9.52. The molecule has 8 heteroatoms. The van der Waals surface area contributed by atoms with Crippen LogP contribution in [0, 0.1) is 0 Å². The lowest BCUT2D eigenvalue weighted by Crippen LogP contribution is -1.78. The molecule has 1 aromatic carbocycles. The largest absolute Gasteiger partial charge is 0.506 e. The van der Waals surface area contributed by atoms with Crippen LogP contribution in [-0.4, -0.2) is 32.4 Å². The highest BCUT2D eigenvalue weighted by Gasteiger charge is 2.03. The van der Waals surface area contributed by atoms with Crippen molar-refractivity contribution < 1.29 is 30.0 Å². The lowest BCUT2D eigenvalue weighted by Gasteiger charge is -1.98. The van der Waals surface area contributed by atoms with E-state index in [2.05, 4.69) is 0 Å². The number of hydrogen-bond donors (Lipinski definition) is 4.